The highest BCUT2D eigenvalue weighted by molar-refractivity contribution is 9.10. The van der Waals surface area contributed by atoms with E-state index in [1.165, 1.54) is 0 Å². The number of oxime groups is 1. The number of carbonyl (C=O) groups excluding carboxylic acids is 1. The second kappa shape index (κ2) is 10.3. The number of pyridine rings is 1. The van der Waals surface area contributed by atoms with Crippen molar-refractivity contribution in [3.8, 4) is 11.3 Å². The van der Waals surface area contributed by atoms with Crippen molar-refractivity contribution in [1.82, 2.24) is 10.3 Å². The lowest BCUT2D eigenvalue weighted by atomic mass is 9.50. The standard InChI is InChI=1S/C32H34BrN3O4/c1-3-24-28(36-40-22-10-7-11-22)32(16-14-31(24,15-17-32)30(38)39)35-29(37)26-19(2)27(20-8-5-4-6-9-20)34-25-13-12-21(33)18-23(25)26/h4-6,8-9,12-13,18,22,24H,3,7,10-11,14-17H2,1-2H3,(H,35,37)(H,38,39)/b36-28+/t24-,31?,32?/m0/s1. The first-order valence-corrected chi connectivity index (χ1v) is 15.0. The van der Waals surface area contributed by atoms with Gasteiger partial charge in [-0.2, -0.15) is 0 Å². The van der Waals surface area contributed by atoms with E-state index in [2.05, 4.69) is 26.4 Å². The molecule has 0 aliphatic heterocycles. The van der Waals surface area contributed by atoms with Gasteiger partial charge in [-0.3, -0.25) is 9.59 Å². The number of carbonyl (C=O) groups is 2. The molecule has 0 spiro atoms. The fraction of sp³-hybridized carbons (Fsp3) is 0.438. The number of hydrogen-bond donors (Lipinski definition) is 2. The quantitative estimate of drug-likeness (QED) is 0.282. The van der Waals surface area contributed by atoms with Crippen LogP contribution in [0.1, 0.15) is 74.2 Å². The normalized spacial score (nSPS) is 27.0. The van der Waals surface area contributed by atoms with Crippen LogP contribution in [0.4, 0.5) is 0 Å². The average Bonchev–Trinajstić information content (AvgIpc) is 2.92. The fourth-order valence-corrected chi connectivity index (χ4v) is 7.36. The summed E-state index contributed by atoms with van der Waals surface area (Å²) < 4.78 is 0.865. The number of fused-ring (bicyclic) bond motifs is 4. The van der Waals surface area contributed by atoms with Crippen LogP contribution in [0.25, 0.3) is 22.2 Å². The summed E-state index contributed by atoms with van der Waals surface area (Å²) in [7, 11) is 0. The summed E-state index contributed by atoms with van der Waals surface area (Å²) >= 11 is 3.57. The molecule has 2 bridgehead atoms. The van der Waals surface area contributed by atoms with Gasteiger partial charge in [-0.25, -0.2) is 4.98 Å². The molecule has 1 atom stereocenters. The molecule has 0 unspecified atom stereocenters. The van der Waals surface area contributed by atoms with Crippen LogP contribution in [0.5, 0.6) is 0 Å². The van der Waals surface area contributed by atoms with E-state index in [1.54, 1.807) is 0 Å². The number of carboxylic acids is 1. The highest BCUT2D eigenvalue weighted by Crippen LogP contribution is 2.56. The summed E-state index contributed by atoms with van der Waals surface area (Å²) in [6.07, 6.45) is 5.75. The summed E-state index contributed by atoms with van der Waals surface area (Å²) in [6, 6.07) is 15.7. The Labute approximate surface area is 242 Å². The van der Waals surface area contributed by atoms with Gasteiger partial charge >= 0.3 is 5.97 Å². The van der Waals surface area contributed by atoms with Gasteiger partial charge in [0.25, 0.3) is 5.91 Å². The van der Waals surface area contributed by atoms with Crippen LogP contribution < -0.4 is 5.32 Å². The van der Waals surface area contributed by atoms with Gasteiger partial charge in [-0.15, -0.1) is 0 Å². The van der Waals surface area contributed by atoms with Gasteiger partial charge in [0.1, 0.15) is 6.10 Å². The van der Waals surface area contributed by atoms with Crippen LogP contribution in [-0.4, -0.2) is 39.3 Å². The number of aliphatic carboxylic acids is 1. The van der Waals surface area contributed by atoms with Crippen LogP contribution >= 0.6 is 15.9 Å². The Morgan fingerprint density at radius 1 is 1.12 bits per heavy atom. The first kappa shape index (κ1) is 26.9. The molecule has 8 heteroatoms. The highest BCUT2D eigenvalue weighted by Gasteiger charge is 2.62. The van der Waals surface area contributed by atoms with Crippen molar-refractivity contribution in [1.29, 1.82) is 0 Å². The van der Waals surface area contributed by atoms with E-state index < -0.39 is 16.9 Å². The van der Waals surface area contributed by atoms with E-state index in [9.17, 15) is 14.7 Å². The molecular formula is C32H34BrN3O4. The van der Waals surface area contributed by atoms with Crippen molar-refractivity contribution >= 4 is 44.4 Å². The molecule has 2 aromatic carbocycles. The number of amides is 1. The summed E-state index contributed by atoms with van der Waals surface area (Å²) in [4.78, 5) is 37.9. The number of benzene rings is 2. The zero-order chi connectivity index (χ0) is 28.1. The zero-order valence-electron chi connectivity index (χ0n) is 22.9. The predicted molar refractivity (Wildman–Crippen MR) is 158 cm³/mol. The SMILES string of the molecule is CC[C@H]1/C(=N\OC2CCC2)C2(NC(=O)c3c(C)c(-c4ccccc4)nc4ccc(Br)cc34)CCC1(C(=O)O)CC2. The number of halogens is 1. The molecule has 7 rings (SSSR count). The molecule has 4 fully saturated rings. The number of hydrogen-bond acceptors (Lipinski definition) is 5. The van der Waals surface area contributed by atoms with Gasteiger partial charge in [0.05, 0.1) is 33.4 Å². The monoisotopic (exact) mass is 603 g/mol. The van der Waals surface area contributed by atoms with Gasteiger partial charge in [-0.1, -0.05) is 58.3 Å². The molecule has 0 saturated heterocycles. The van der Waals surface area contributed by atoms with E-state index in [1.807, 2.05) is 62.4 Å². The second-order valence-electron chi connectivity index (χ2n) is 11.6. The number of rotatable bonds is 7. The van der Waals surface area contributed by atoms with Crippen LogP contribution in [0.15, 0.2) is 58.2 Å². The van der Waals surface area contributed by atoms with Crippen LogP contribution in [-0.2, 0) is 9.63 Å². The number of carboxylic acid groups (broad SMARTS) is 1. The Morgan fingerprint density at radius 2 is 1.85 bits per heavy atom. The van der Waals surface area contributed by atoms with Crippen molar-refractivity contribution in [2.75, 3.05) is 0 Å². The molecule has 1 heterocycles. The van der Waals surface area contributed by atoms with Crippen LogP contribution in [0.2, 0.25) is 0 Å². The Balaban J connectivity index is 1.45. The molecule has 2 N–H and O–H groups in total. The summed E-state index contributed by atoms with van der Waals surface area (Å²) in [5.74, 6) is -1.27. The van der Waals surface area contributed by atoms with Crippen molar-refractivity contribution < 1.29 is 19.5 Å². The number of aromatic nitrogens is 1. The van der Waals surface area contributed by atoms with Crippen LogP contribution in [0, 0.1) is 18.3 Å². The first-order chi connectivity index (χ1) is 19.3. The molecule has 0 radical (unpaired) electrons. The van der Waals surface area contributed by atoms with Gasteiger partial charge in [0, 0.05) is 21.3 Å². The van der Waals surface area contributed by atoms with Gasteiger partial charge in [-0.05, 0) is 82.1 Å². The molecule has 7 nitrogen and oxygen atoms in total. The first-order valence-electron chi connectivity index (χ1n) is 14.2. The molecule has 3 aromatic rings. The second-order valence-corrected chi connectivity index (χ2v) is 12.5. The minimum atomic E-state index is -0.867. The maximum absolute atomic E-state index is 14.4. The summed E-state index contributed by atoms with van der Waals surface area (Å²) in [5.41, 5.74) is 2.90. The molecule has 1 amide bonds. The lowest BCUT2D eigenvalue weighted by Crippen LogP contribution is -2.68. The highest BCUT2D eigenvalue weighted by atomic mass is 79.9. The van der Waals surface area contributed by atoms with Gasteiger partial charge in [0.2, 0.25) is 0 Å². The average molecular weight is 605 g/mol. The van der Waals surface area contributed by atoms with E-state index in [4.69, 9.17) is 9.82 Å². The van der Waals surface area contributed by atoms with Crippen LogP contribution in [0.3, 0.4) is 0 Å². The minimum absolute atomic E-state index is 0.0659. The maximum atomic E-state index is 14.4. The van der Waals surface area contributed by atoms with Gasteiger partial charge in [0.15, 0.2) is 0 Å². The molecule has 1 aromatic heterocycles. The van der Waals surface area contributed by atoms with E-state index in [-0.39, 0.29) is 17.9 Å². The topological polar surface area (TPSA) is 101 Å². The van der Waals surface area contributed by atoms with E-state index in [0.29, 0.717) is 43.4 Å². The van der Waals surface area contributed by atoms with E-state index >= 15 is 0 Å². The number of nitrogens with zero attached hydrogens (tertiary/aromatic N) is 2. The zero-order valence-corrected chi connectivity index (χ0v) is 24.5. The van der Waals surface area contributed by atoms with E-state index in [0.717, 1.165) is 51.5 Å². The van der Waals surface area contributed by atoms with Crippen molar-refractivity contribution in [3.05, 3.63) is 64.1 Å². The molecule has 4 aliphatic carbocycles. The van der Waals surface area contributed by atoms with Crippen molar-refractivity contribution in [2.24, 2.45) is 16.5 Å². The Bertz CT molecular complexity index is 1510. The van der Waals surface area contributed by atoms with Crippen molar-refractivity contribution in [2.45, 2.75) is 76.9 Å². The smallest absolute Gasteiger partial charge is 0.310 e. The third kappa shape index (κ3) is 4.31. The minimum Gasteiger partial charge on any atom is -0.481 e. The predicted octanol–water partition coefficient (Wildman–Crippen LogP) is 7.05. The third-order valence-corrected chi connectivity index (χ3v) is 9.98. The maximum Gasteiger partial charge on any atom is 0.310 e. The molecule has 4 saturated carbocycles. The largest absolute Gasteiger partial charge is 0.481 e. The van der Waals surface area contributed by atoms with Gasteiger partial charge < -0.3 is 15.3 Å². The molecular weight excluding hydrogens is 570 g/mol. The van der Waals surface area contributed by atoms with Crippen molar-refractivity contribution in [3.63, 3.8) is 0 Å². The molecule has 208 valence electrons. The fourth-order valence-electron chi connectivity index (χ4n) is 7.00. The Hall–Kier alpha value is -3.26. The Morgan fingerprint density at radius 3 is 2.48 bits per heavy atom. The molecule has 40 heavy (non-hydrogen) atoms. The third-order valence-electron chi connectivity index (χ3n) is 9.49. The molecule has 4 aliphatic rings. The summed E-state index contributed by atoms with van der Waals surface area (Å²) in [6.45, 7) is 3.96. The lowest BCUT2D eigenvalue weighted by molar-refractivity contribution is -0.156. The Kier molecular flexibility index (Phi) is 6.93. The number of nitrogens with one attached hydrogen (secondary N) is 1. The lowest BCUT2D eigenvalue weighted by Gasteiger charge is -2.56. The summed E-state index contributed by atoms with van der Waals surface area (Å²) in [5, 5.41) is 19.2.